The Morgan fingerprint density at radius 2 is 2.18 bits per heavy atom. The summed E-state index contributed by atoms with van der Waals surface area (Å²) in [6.07, 6.45) is 3.41. The summed E-state index contributed by atoms with van der Waals surface area (Å²) in [5.74, 6) is 1.44. The van der Waals surface area contributed by atoms with E-state index in [9.17, 15) is 0 Å². The average molecular weight is 404 g/mol. The third-order valence-electron chi connectivity index (χ3n) is 5.46. The van der Waals surface area contributed by atoms with Crippen LogP contribution in [0, 0.1) is 12.8 Å². The molecule has 1 unspecified atom stereocenters. The van der Waals surface area contributed by atoms with Gasteiger partial charge in [0.2, 0.25) is 5.95 Å². The molecule has 0 spiro atoms. The number of anilines is 2. The largest absolute Gasteiger partial charge is 0.475 e. The van der Waals surface area contributed by atoms with Gasteiger partial charge in [0, 0.05) is 31.7 Å². The molecule has 1 fully saturated rings. The maximum Gasteiger partial charge on any atom is 0.257 e. The predicted molar refractivity (Wildman–Crippen MR) is 104 cm³/mol. The molecule has 2 atom stereocenters. The van der Waals surface area contributed by atoms with Crippen LogP contribution >= 0.6 is 11.6 Å². The summed E-state index contributed by atoms with van der Waals surface area (Å²) in [6.45, 7) is 6.91. The highest BCUT2D eigenvalue weighted by Gasteiger charge is 2.29. The van der Waals surface area contributed by atoms with E-state index in [4.69, 9.17) is 26.2 Å². The molecule has 1 saturated heterocycles. The van der Waals surface area contributed by atoms with E-state index in [1.807, 2.05) is 6.92 Å². The second kappa shape index (κ2) is 6.89. The first-order valence-corrected chi connectivity index (χ1v) is 9.95. The fraction of sp³-hybridized carbons (Fsp3) is 0.556. The Balaban J connectivity index is 1.58. The Morgan fingerprint density at radius 1 is 1.29 bits per heavy atom. The normalized spacial score (nSPS) is 22.4. The van der Waals surface area contributed by atoms with E-state index in [0.717, 1.165) is 42.8 Å². The van der Waals surface area contributed by atoms with Crippen LogP contribution in [0.1, 0.15) is 31.5 Å². The van der Waals surface area contributed by atoms with Crippen LogP contribution in [-0.4, -0.2) is 49.3 Å². The standard InChI is InChI=1S/C18H22ClN7O2/c1-10-9-27-7-4-13(10)26-11(2)14-17(24-26)28-6-3-5-25-16-12(15(19)23-25)8-20-18(21-14)22-16/h8,10,13H,3-7,9H2,1-2H3,(H,20,21,22)/t10-,13?/m1/s1. The number of halogens is 1. The Bertz CT molecular complexity index is 1030. The highest BCUT2D eigenvalue weighted by atomic mass is 35.5. The number of nitrogens with zero attached hydrogens (tertiary/aromatic N) is 6. The second-order valence-corrected chi connectivity index (χ2v) is 7.75. The molecule has 148 valence electrons. The van der Waals surface area contributed by atoms with Gasteiger partial charge < -0.3 is 14.8 Å². The van der Waals surface area contributed by atoms with Gasteiger partial charge in [-0.05, 0) is 13.3 Å². The lowest BCUT2D eigenvalue weighted by Crippen LogP contribution is -2.29. The maximum absolute atomic E-state index is 6.22. The summed E-state index contributed by atoms with van der Waals surface area (Å²) in [6, 6.07) is 0.281. The second-order valence-electron chi connectivity index (χ2n) is 7.39. The van der Waals surface area contributed by atoms with Crippen LogP contribution in [0.4, 0.5) is 11.6 Å². The lowest BCUT2D eigenvalue weighted by Gasteiger charge is -2.29. The highest BCUT2D eigenvalue weighted by molar-refractivity contribution is 6.34. The topological polar surface area (TPSA) is 91.9 Å². The molecule has 1 N–H and O–H groups in total. The molecule has 28 heavy (non-hydrogen) atoms. The van der Waals surface area contributed by atoms with Crippen LogP contribution in [0.25, 0.3) is 11.0 Å². The number of rotatable bonds is 1. The van der Waals surface area contributed by atoms with Gasteiger partial charge in [0.05, 0.1) is 30.3 Å². The molecule has 0 amide bonds. The predicted octanol–water partition coefficient (Wildman–Crippen LogP) is 3.11. The minimum atomic E-state index is 0.281. The first-order chi connectivity index (χ1) is 13.6. The Hall–Kier alpha value is -2.39. The van der Waals surface area contributed by atoms with Crippen LogP contribution < -0.4 is 10.1 Å². The first-order valence-electron chi connectivity index (χ1n) is 9.57. The van der Waals surface area contributed by atoms with E-state index < -0.39 is 0 Å². The number of hydrogen-bond acceptors (Lipinski definition) is 7. The lowest BCUT2D eigenvalue weighted by atomic mass is 9.98. The van der Waals surface area contributed by atoms with Crippen molar-refractivity contribution in [2.75, 3.05) is 25.1 Å². The van der Waals surface area contributed by atoms with Gasteiger partial charge in [-0.15, -0.1) is 5.10 Å². The first kappa shape index (κ1) is 17.7. The van der Waals surface area contributed by atoms with E-state index in [1.165, 1.54) is 0 Å². The molecule has 0 radical (unpaired) electrons. The molecule has 10 heteroatoms. The van der Waals surface area contributed by atoms with Gasteiger partial charge in [-0.1, -0.05) is 18.5 Å². The van der Waals surface area contributed by atoms with Crippen molar-refractivity contribution < 1.29 is 9.47 Å². The van der Waals surface area contributed by atoms with E-state index in [2.05, 4.69) is 32.0 Å². The SMILES string of the molecule is Cc1c2c(nn1C1CCOC[C@H]1C)OCCCn1nc(Cl)c3cnc(nc31)N2. The van der Waals surface area contributed by atoms with Gasteiger partial charge in [-0.25, -0.2) is 9.67 Å². The highest BCUT2D eigenvalue weighted by Crippen LogP contribution is 2.36. The van der Waals surface area contributed by atoms with E-state index in [1.54, 1.807) is 10.9 Å². The van der Waals surface area contributed by atoms with E-state index >= 15 is 0 Å². The zero-order valence-corrected chi connectivity index (χ0v) is 16.6. The Kier molecular flexibility index (Phi) is 4.36. The molecule has 0 aliphatic carbocycles. The van der Waals surface area contributed by atoms with Crippen LogP contribution in [0.5, 0.6) is 5.88 Å². The zero-order chi connectivity index (χ0) is 19.3. The average Bonchev–Trinajstić information content (AvgIpc) is 3.16. The fourth-order valence-corrected chi connectivity index (χ4v) is 4.15. The zero-order valence-electron chi connectivity index (χ0n) is 15.9. The van der Waals surface area contributed by atoms with Crippen molar-refractivity contribution in [3.05, 3.63) is 17.0 Å². The van der Waals surface area contributed by atoms with Crippen LogP contribution in [-0.2, 0) is 11.3 Å². The maximum atomic E-state index is 6.22. The number of hydrogen-bond donors (Lipinski definition) is 1. The minimum Gasteiger partial charge on any atom is -0.475 e. The minimum absolute atomic E-state index is 0.281. The third-order valence-corrected chi connectivity index (χ3v) is 5.74. The Morgan fingerprint density at radius 3 is 3.04 bits per heavy atom. The van der Waals surface area contributed by atoms with Crippen LogP contribution in [0.15, 0.2) is 6.20 Å². The molecular formula is C18H22ClN7O2. The molecule has 2 bridgehead atoms. The number of fused-ring (bicyclic) bond motifs is 2. The van der Waals surface area contributed by atoms with Gasteiger partial charge in [-0.2, -0.15) is 10.1 Å². The summed E-state index contributed by atoms with van der Waals surface area (Å²) < 4.78 is 15.5. The van der Waals surface area contributed by atoms with Gasteiger partial charge in [0.1, 0.15) is 5.69 Å². The summed E-state index contributed by atoms with van der Waals surface area (Å²) in [4.78, 5) is 9.05. The van der Waals surface area contributed by atoms with Crippen molar-refractivity contribution in [2.24, 2.45) is 5.92 Å². The molecule has 0 aromatic carbocycles. The molecular weight excluding hydrogens is 382 g/mol. The third kappa shape index (κ3) is 2.89. The number of aromatic nitrogens is 6. The van der Waals surface area contributed by atoms with Gasteiger partial charge in [0.15, 0.2) is 10.8 Å². The lowest BCUT2D eigenvalue weighted by molar-refractivity contribution is 0.0240. The quantitative estimate of drug-likeness (QED) is 0.667. The van der Waals surface area contributed by atoms with Crippen molar-refractivity contribution in [2.45, 2.75) is 39.3 Å². The summed E-state index contributed by atoms with van der Waals surface area (Å²) in [5, 5.41) is 13.6. The molecule has 5 rings (SSSR count). The molecule has 0 saturated carbocycles. The van der Waals surface area contributed by atoms with Crippen molar-refractivity contribution in [1.82, 2.24) is 29.5 Å². The molecule has 2 aliphatic heterocycles. The summed E-state index contributed by atoms with van der Waals surface area (Å²) in [7, 11) is 0. The smallest absolute Gasteiger partial charge is 0.257 e. The number of nitrogens with one attached hydrogen (secondary N) is 1. The fourth-order valence-electron chi connectivity index (χ4n) is 3.93. The molecule has 9 nitrogen and oxygen atoms in total. The summed E-state index contributed by atoms with van der Waals surface area (Å²) >= 11 is 6.22. The van der Waals surface area contributed by atoms with Crippen molar-refractivity contribution in [3.63, 3.8) is 0 Å². The van der Waals surface area contributed by atoms with E-state index in [-0.39, 0.29) is 6.04 Å². The van der Waals surface area contributed by atoms with Crippen molar-refractivity contribution in [1.29, 1.82) is 0 Å². The molecule has 5 heterocycles. The molecule has 3 aromatic heterocycles. The van der Waals surface area contributed by atoms with E-state index in [0.29, 0.717) is 41.7 Å². The Labute approximate surface area is 167 Å². The van der Waals surface area contributed by atoms with Crippen LogP contribution in [0.3, 0.4) is 0 Å². The molecule has 3 aromatic rings. The van der Waals surface area contributed by atoms with Crippen molar-refractivity contribution >= 4 is 34.3 Å². The van der Waals surface area contributed by atoms with Gasteiger partial charge in [0.25, 0.3) is 5.88 Å². The van der Waals surface area contributed by atoms with Gasteiger partial charge >= 0.3 is 0 Å². The van der Waals surface area contributed by atoms with Crippen LogP contribution in [0.2, 0.25) is 5.15 Å². The number of ether oxygens (including phenoxy) is 2. The molecule has 2 aliphatic rings. The van der Waals surface area contributed by atoms with Gasteiger partial charge in [-0.3, -0.25) is 4.68 Å². The number of aryl methyl sites for hydroxylation is 1. The summed E-state index contributed by atoms with van der Waals surface area (Å²) in [5.41, 5.74) is 2.52. The van der Waals surface area contributed by atoms with Crippen molar-refractivity contribution in [3.8, 4) is 5.88 Å². The monoisotopic (exact) mass is 403 g/mol.